The van der Waals surface area contributed by atoms with E-state index in [1.54, 1.807) is 0 Å². The number of benzene rings is 1. The Labute approximate surface area is 87.6 Å². The van der Waals surface area contributed by atoms with E-state index >= 15 is 0 Å². The number of rotatable bonds is 0. The fraction of sp³-hybridized carbons (Fsp3) is 0. The van der Waals surface area contributed by atoms with Crippen LogP contribution in [0.2, 0.25) is 0 Å². The molecule has 60 valence electrons. The Morgan fingerprint density at radius 2 is 1.55 bits per heavy atom. The summed E-state index contributed by atoms with van der Waals surface area (Å²) in [5.41, 5.74) is 0. The normalized spacial score (nSPS) is 10.3. The molecule has 2 unspecified atom stereocenters. The summed E-state index contributed by atoms with van der Waals surface area (Å²) in [4.78, 5) is 2.55. The van der Waals surface area contributed by atoms with Crippen LogP contribution in [0.15, 0.2) is 20.8 Å². The topological polar surface area (TPSA) is 0 Å². The van der Waals surface area contributed by atoms with Crippen LogP contribution in [-0.4, -0.2) is 0 Å². The molecule has 0 saturated heterocycles. The van der Waals surface area contributed by atoms with Gasteiger partial charge in [-0.3, -0.25) is 0 Å². The molecule has 1 rings (SSSR count). The van der Waals surface area contributed by atoms with Gasteiger partial charge in [0.15, 0.2) is 0 Å². The summed E-state index contributed by atoms with van der Waals surface area (Å²) in [7, 11) is 5.25. The van der Waals surface area contributed by atoms with Crippen LogP contribution in [0.1, 0.15) is 0 Å². The van der Waals surface area contributed by atoms with Gasteiger partial charge in [0.05, 0.1) is 0 Å². The van der Waals surface area contributed by atoms with Gasteiger partial charge in [0.2, 0.25) is 0 Å². The third-order valence-corrected chi connectivity index (χ3v) is 4.64. The first kappa shape index (κ1) is 10.2. The Morgan fingerprint density at radius 1 is 1.00 bits per heavy atom. The lowest BCUT2D eigenvalue weighted by molar-refractivity contribution is 1.18. The molecule has 0 aliphatic heterocycles. The first-order valence-electron chi connectivity index (χ1n) is 2.83. The van der Waals surface area contributed by atoms with Crippen molar-refractivity contribution in [1.29, 1.82) is 0 Å². The zero-order chi connectivity index (χ0) is 8.59. The standard InChI is InChI=1S/C6H8P2S3/c7-2-1-3(9)5(10)6(11)4(2)8/h1,9-11H,7-8H2. The molecular formula is C6H8P2S3. The number of thiol groups is 3. The Morgan fingerprint density at radius 3 is 2.09 bits per heavy atom. The van der Waals surface area contributed by atoms with Crippen molar-refractivity contribution in [2.24, 2.45) is 0 Å². The molecule has 0 aliphatic carbocycles. The lowest BCUT2D eigenvalue weighted by Gasteiger charge is -2.07. The van der Waals surface area contributed by atoms with Crippen LogP contribution in [0.3, 0.4) is 0 Å². The molecule has 0 fully saturated rings. The van der Waals surface area contributed by atoms with Gasteiger partial charge in [-0.1, -0.05) is 0 Å². The molecule has 0 saturated carbocycles. The molecule has 0 amide bonds. The molecule has 11 heavy (non-hydrogen) atoms. The van der Waals surface area contributed by atoms with Crippen molar-refractivity contribution in [1.82, 2.24) is 0 Å². The van der Waals surface area contributed by atoms with Gasteiger partial charge in [-0.2, -0.15) is 0 Å². The third-order valence-electron chi connectivity index (χ3n) is 1.33. The van der Waals surface area contributed by atoms with Crippen LogP contribution < -0.4 is 10.6 Å². The van der Waals surface area contributed by atoms with Gasteiger partial charge >= 0.3 is 0 Å². The van der Waals surface area contributed by atoms with E-state index in [9.17, 15) is 0 Å². The molecular weight excluding hydrogens is 230 g/mol. The third kappa shape index (κ3) is 2.08. The highest BCUT2D eigenvalue weighted by Crippen LogP contribution is 2.24. The van der Waals surface area contributed by atoms with E-state index in [4.69, 9.17) is 0 Å². The molecule has 5 heteroatoms. The number of hydrogen-bond acceptors (Lipinski definition) is 3. The Hall–Kier alpha value is 1.13. The van der Waals surface area contributed by atoms with Crippen molar-refractivity contribution in [2.45, 2.75) is 14.7 Å². The van der Waals surface area contributed by atoms with E-state index < -0.39 is 0 Å². The molecule has 2 atom stereocenters. The van der Waals surface area contributed by atoms with Crippen molar-refractivity contribution < 1.29 is 0 Å². The predicted octanol–water partition coefficient (Wildman–Crippen LogP) is 1.55. The van der Waals surface area contributed by atoms with Crippen molar-refractivity contribution >= 4 is 67.0 Å². The Bertz CT molecular complexity index is 272. The average Bonchev–Trinajstić information content (AvgIpc) is 1.97. The van der Waals surface area contributed by atoms with E-state index in [2.05, 4.69) is 56.4 Å². The minimum absolute atomic E-state index is 0.827. The predicted molar refractivity (Wildman–Crippen MR) is 66.9 cm³/mol. The highest BCUT2D eigenvalue weighted by atomic mass is 32.1. The van der Waals surface area contributed by atoms with Gasteiger partial charge in [0.25, 0.3) is 0 Å². The van der Waals surface area contributed by atoms with E-state index in [-0.39, 0.29) is 0 Å². The second-order valence-electron chi connectivity index (χ2n) is 2.10. The minimum Gasteiger partial charge on any atom is -0.142 e. The molecule has 0 bridgehead atoms. The zero-order valence-corrected chi connectivity index (χ0v) is 10.6. The maximum Gasteiger partial charge on any atom is 0.0314 e. The van der Waals surface area contributed by atoms with Gasteiger partial charge in [0.1, 0.15) is 0 Å². The van der Waals surface area contributed by atoms with Gasteiger partial charge in [-0.25, -0.2) is 0 Å². The van der Waals surface area contributed by atoms with E-state index in [1.807, 2.05) is 6.07 Å². The minimum atomic E-state index is 0.827. The maximum atomic E-state index is 4.29. The molecule has 0 aromatic heterocycles. The van der Waals surface area contributed by atoms with E-state index in [1.165, 1.54) is 0 Å². The molecule has 0 radical (unpaired) electrons. The van der Waals surface area contributed by atoms with Crippen LogP contribution in [0, 0.1) is 0 Å². The summed E-state index contributed by atoms with van der Waals surface area (Å²) in [5, 5.41) is 2.14. The maximum absolute atomic E-state index is 4.29. The van der Waals surface area contributed by atoms with Crippen molar-refractivity contribution in [3.05, 3.63) is 6.07 Å². The summed E-state index contributed by atoms with van der Waals surface area (Å²) in [6.07, 6.45) is 0. The highest BCUT2D eigenvalue weighted by Gasteiger charge is 2.05. The first-order valence-corrected chi connectivity index (χ1v) is 5.32. The van der Waals surface area contributed by atoms with Gasteiger partial charge in [0, 0.05) is 14.7 Å². The van der Waals surface area contributed by atoms with Crippen LogP contribution in [0.4, 0.5) is 0 Å². The van der Waals surface area contributed by atoms with Crippen LogP contribution in [0.5, 0.6) is 0 Å². The summed E-state index contributed by atoms with van der Waals surface area (Å²) >= 11 is 12.8. The monoisotopic (exact) mass is 238 g/mol. The first-order chi connectivity index (χ1) is 5.04. The Balaban J connectivity index is 3.46. The number of hydrogen-bond donors (Lipinski definition) is 3. The highest BCUT2D eigenvalue weighted by molar-refractivity contribution is 7.85. The summed E-state index contributed by atoms with van der Waals surface area (Å²) in [6, 6.07) is 1.94. The molecule has 1 aromatic carbocycles. The van der Waals surface area contributed by atoms with Gasteiger partial charge < -0.3 is 0 Å². The smallest absolute Gasteiger partial charge is 0.0314 e. The molecule has 0 spiro atoms. The molecule has 0 aliphatic rings. The largest absolute Gasteiger partial charge is 0.142 e. The zero-order valence-electron chi connectivity index (χ0n) is 5.57. The fourth-order valence-electron chi connectivity index (χ4n) is 0.679. The Kier molecular flexibility index (Phi) is 3.61. The SMILES string of the molecule is Pc1cc(S)c(S)c(S)c1P. The fourth-order valence-corrected chi connectivity index (χ4v) is 2.37. The quantitative estimate of drug-likeness (QED) is 0.443. The van der Waals surface area contributed by atoms with Crippen LogP contribution >= 0.6 is 56.4 Å². The second-order valence-corrected chi connectivity index (χ2v) is 4.67. The second kappa shape index (κ2) is 3.89. The molecule has 0 nitrogen and oxygen atoms in total. The van der Waals surface area contributed by atoms with E-state index in [0.29, 0.717) is 0 Å². The summed E-state index contributed by atoms with van der Waals surface area (Å²) in [6.45, 7) is 0. The van der Waals surface area contributed by atoms with E-state index in [0.717, 1.165) is 25.3 Å². The lowest BCUT2D eigenvalue weighted by Crippen LogP contribution is -2.13. The van der Waals surface area contributed by atoms with Crippen molar-refractivity contribution in [2.75, 3.05) is 0 Å². The summed E-state index contributed by atoms with van der Waals surface area (Å²) in [5.74, 6) is 0. The van der Waals surface area contributed by atoms with Crippen LogP contribution in [0.25, 0.3) is 0 Å². The summed E-state index contributed by atoms with van der Waals surface area (Å²) < 4.78 is 0. The van der Waals surface area contributed by atoms with Crippen molar-refractivity contribution in [3.8, 4) is 0 Å². The average molecular weight is 238 g/mol. The molecule has 1 aromatic rings. The van der Waals surface area contributed by atoms with Gasteiger partial charge in [-0.05, 0) is 16.7 Å². The van der Waals surface area contributed by atoms with Gasteiger partial charge in [-0.15, -0.1) is 56.4 Å². The van der Waals surface area contributed by atoms with Crippen LogP contribution in [-0.2, 0) is 0 Å². The lowest BCUT2D eigenvalue weighted by atomic mass is 10.3. The molecule has 0 N–H and O–H groups in total. The van der Waals surface area contributed by atoms with Crippen molar-refractivity contribution in [3.63, 3.8) is 0 Å². The molecule has 0 heterocycles.